The van der Waals surface area contributed by atoms with Gasteiger partial charge in [0.25, 0.3) is 0 Å². The van der Waals surface area contributed by atoms with Crippen molar-refractivity contribution in [2.75, 3.05) is 10.6 Å². The molecule has 5 atom stereocenters. The first-order chi connectivity index (χ1) is 19.2. The van der Waals surface area contributed by atoms with Crippen LogP contribution in [0.25, 0.3) is 0 Å². The first kappa shape index (κ1) is 28.4. The number of urea groups is 1. The number of nitrogens with two attached hydrogens (primary N) is 1. The van der Waals surface area contributed by atoms with Gasteiger partial charge < -0.3 is 26.6 Å². The van der Waals surface area contributed by atoms with Crippen LogP contribution in [-0.2, 0) is 25.6 Å². The Labute approximate surface area is 239 Å². The molecule has 3 aliphatic carbocycles. The zero-order chi connectivity index (χ0) is 30.0. The normalized spacial score (nSPS) is 27.1. The minimum atomic E-state index is -2.73. The van der Waals surface area contributed by atoms with Crippen LogP contribution in [0.1, 0.15) is 54.1 Å². The summed E-state index contributed by atoms with van der Waals surface area (Å²) >= 11 is 5.88. The summed E-state index contributed by atoms with van der Waals surface area (Å²) in [5, 5.41) is 28.2. The highest BCUT2D eigenvalue weighted by Crippen LogP contribution is 2.51. The molecule has 5 rings (SSSR count). The molecule has 0 aliphatic heterocycles. The molecule has 41 heavy (non-hydrogen) atoms. The number of primary amides is 1. The van der Waals surface area contributed by atoms with Gasteiger partial charge in [0.05, 0.1) is 17.2 Å². The predicted octanol–water partition coefficient (Wildman–Crippen LogP) is 2.75. The van der Waals surface area contributed by atoms with Gasteiger partial charge in [-0.05, 0) is 66.1 Å². The third-order valence-electron chi connectivity index (χ3n) is 8.41. The Morgan fingerprint density at radius 2 is 1.71 bits per heavy atom. The number of fused-ring (bicyclic) bond motifs is 3. The highest BCUT2D eigenvalue weighted by atomic mass is 35.5. The van der Waals surface area contributed by atoms with Gasteiger partial charge in [-0.2, -0.15) is 0 Å². The van der Waals surface area contributed by atoms with E-state index in [-0.39, 0.29) is 30.0 Å². The third-order valence-corrected chi connectivity index (χ3v) is 8.66. The van der Waals surface area contributed by atoms with Crippen LogP contribution in [0.5, 0.6) is 5.75 Å². The van der Waals surface area contributed by atoms with Crippen molar-refractivity contribution < 1.29 is 39.0 Å². The fraction of sp³-hybridized carbons (Fsp3) is 0.379. The Balaban J connectivity index is 1.53. The topological polar surface area (TPSA) is 193 Å². The molecule has 3 aliphatic rings. The standard InChI is InChI=1S/C29H28ClN3O8/c1-11(2)16-10-18(33-28(40)32-15-5-3-14(30)4-6-15)23(35)21-17(16)8-12-7-13-9-19(34)22(27(31)39)26(38)29(13,41)25(37)20(12)24(21)36/h3-6,10-13,20,22,35,41H,7-9H2,1-2H3,(H2,31,39)(H2,32,33,40)/t12-,13+,20?,22?,29+/m1/s1. The second-order valence-electron chi connectivity index (χ2n) is 11.2. The average Bonchev–Trinajstić information content (AvgIpc) is 2.88. The molecule has 2 saturated carbocycles. The van der Waals surface area contributed by atoms with Gasteiger partial charge in [0.15, 0.2) is 34.7 Å². The van der Waals surface area contributed by atoms with Crippen LogP contribution in [0.2, 0.25) is 5.02 Å². The van der Waals surface area contributed by atoms with Crippen LogP contribution in [0, 0.1) is 23.7 Å². The lowest BCUT2D eigenvalue weighted by Gasteiger charge is -2.48. The number of rotatable bonds is 4. The maximum absolute atomic E-state index is 13.9. The van der Waals surface area contributed by atoms with Crippen molar-refractivity contribution in [3.8, 4) is 5.75 Å². The molecular weight excluding hydrogens is 554 g/mol. The molecule has 0 heterocycles. The predicted molar refractivity (Wildman–Crippen MR) is 147 cm³/mol. The molecule has 11 nitrogen and oxygen atoms in total. The summed E-state index contributed by atoms with van der Waals surface area (Å²) in [7, 11) is 0. The molecule has 0 bridgehead atoms. The molecule has 12 heteroatoms. The fourth-order valence-corrected chi connectivity index (χ4v) is 6.62. The molecular formula is C29H28ClN3O8. The number of hydrogen-bond acceptors (Lipinski definition) is 8. The second kappa shape index (κ2) is 10.1. The number of carbonyl (C=O) groups excluding carboxylic acids is 6. The van der Waals surface area contributed by atoms with E-state index in [4.69, 9.17) is 17.3 Å². The van der Waals surface area contributed by atoms with Crippen molar-refractivity contribution in [1.82, 2.24) is 0 Å². The Kier molecular flexibility index (Phi) is 6.99. The molecule has 2 fully saturated rings. The Hall–Kier alpha value is -4.09. The number of anilines is 2. The molecule has 0 saturated heterocycles. The van der Waals surface area contributed by atoms with Gasteiger partial charge in [-0.15, -0.1) is 0 Å². The highest BCUT2D eigenvalue weighted by molar-refractivity contribution is 6.32. The van der Waals surface area contributed by atoms with Gasteiger partial charge in [0.2, 0.25) is 5.91 Å². The largest absolute Gasteiger partial charge is 0.505 e. The summed E-state index contributed by atoms with van der Waals surface area (Å²) in [6, 6.07) is 7.18. The van der Waals surface area contributed by atoms with E-state index in [9.17, 15) is 39.0 Å². The van der Waals surface area contributed by atoms with Crippen molar-refractivity contribution in [2.45, 2.75) is 44.6 Å². The van der Waals surface area contributed by atoms with E-state index >= 15 is 0 Å². The summed E-state index contributed by atoms with van der Waals surface area (Å²) < 4.78 is 0. The average molecular weight is 582 g/mol. The number of aliphatic hydroxyl groups is 1. The Morgan fingerprint density at radius 1 is 1.05 bits per heavy atom. The SMILES string of the molecule is CC(C)c1cc(NC(=O)Nc2ccc(Cl)cc2)c(O)c2c1C[C@H]1C[C@H]3CC(=O)C(C(N)=O)C(=O)[C@@]3(O)C(=O)C1C2=O. The van der Waals surface area contributed by atoms with E-state index in [2.05, 4.69) is 10.6 Å². The third kappa shape index (κ3) is 4.49. The minimum absolute atomic E-state index is 0.00282. The first-order valence-electron chi connectivity index (χ1n) is 13.1. The van der Waals surface area contributed by atoms with Crippen molar-refractivity contribution in [3.05, 3.63) is 52.0 Å². The van der Waals surface area contributed by atoms with E-state index in [1.165, 1.54) is 0 Å². The van der Waals surface area contributed by atoms with Gasteiger partial charge in [0.1, 0.15) is 5.75 Å². The summed E-state index contributed by atoms with van der Waals surface area (Å²) in [6.07, 6.45) is -0.243. The lowest BCUT2D eigenvalue weighted by Crippen LogP contribution is -2.68. The molecule has 214 valence electrons. The highest BCUT2D eigenvalue weighted by Gasteiger charge is 2.66. The maximum Gasteiger partial charge on any atom is 0.323 e. The number of halogens is 1. The number of phenolic OH excluding ortho intramolecular Hbond substituents is 1. The number of hydrogen-bond donors (Lipinski definition) is 5. The van der Waals surface area contributed by atoms with E-state index < -0.39 is 76.5 Å². The van der Waals surface area contributed by atoms with Gasteiger partial charge in [-0.3, -0.25) is 24.0 Å². The van der Waals surface area contributed by atoms with E-state index in [0.29, 0.717) is 21.8 Å². The number of ketones is 4. The first-order valence-corrected chi connectivity index (χ1v) is 13.5. The summed E-state index contributed by atoms with van der Waals surface area (Å²) in [5.41, 5.74) is 3.82. The number of amides is 3. The van der Waals surface area contributed by atoms with E-state index in [1.54, 1.807) is 30.3 Å². The van der Waals surface area contributed by atoms with Gasteiger partial charge in [-0.1, -0.05) is 25.4 Å². The Morgan fingerprint density at radius 3 is 2.32 bits per heavy atom. The molecule has 0 radical (unpaired) electrons. The van der Waals surface area contributed by atoms with Crippen molar-refractivity contribution in [1.29, 1.82) is 0 Å². The van der Waals surface area contributed by atoms with Crippen LogP contribution in [0.15, 0.2) is 30.3 Å². The minimum Gasteiger partial charge on any atom is -0.505 e. The lowest BCUT2D eigenvalue weighted by atomic mass is 9.53. The van der Waals surface area contributed by atoms with Crippen molar-refractivity contribution in [2.24, 2.45) is 29.4 Å². The number of benzene rings is 2. The Bertz CT molecular complexity index is 1540. The molecule has 6 N–H and O–H groups in total. The van der Waals surface area contributed by atoms with Crippen LogP contribution in [0.3, 0.4) is 0 Å². The van der Waals surface area contributed by atoms with Crippen molar-refractivity contribution in [3.63, 3.8) is 0 Å². The van der Waals surface area contributed by atoms with Crippen molar-refractivity contribution >= 4 is 58.0 Å². The fourth-order valence-electron chi connectivity index (χ4n) is 6.49. The van der Waals surface area contributed by atoms with Crippen LogP contribution in [-0.4, -0.2) is 50.9 Å². The van der Waals surface area contributed by atoms with E-state index in [1.807, 2.05) is 13.8 Å². The van der Waals surface area contributed by atoms with Gasteiger partial charge in [0, 0.05) is 23.0 Å². The molecule has 2 aromatic carbocycles. The number of phenols is 1. The number of aromatic hydroxyl groups is 1. The second-order valence-corrected chi connectivity index (χ2v) is 11.6. The summed E-state index contributed by atoms with van der Waals surface area (Å²) in [5.74, 6) is -11.2. The smallest absolute Gasteiger partial charge is 0.323 e. The monoisotopic (exact) mass is 581 g/mol. The number of nitrogens with one attached hydrogen (secondary N) is 2. The molecule has 2 unspecified atom stereocenters. The zero-order valence-electron chi connectivity index (χ0n) is 22.2. The molecule has 0 spiro atoms. The maximum atomic E-state index is 13.9. The van der Waals surface area contributed by atoms with Crippen LogP contribution >= 0.6 is 11.6 Å². The summed E-state index contributed by atoms with van der Waals surface area (Å²) in [4.78, 5) is 77.8. The van der Waals surface area contributed by atoms with Crippen LogP contribution in [0.4, 0.5) is 16.2 Å². The molecule has 3 amide bonds. The number of carbonyl (C=O) groups is 6. The van der Waals surface area contributed by atoms with Gasteiger partial charge >= 0.3 is 6.03 Å². The van der Waals surface area contributed by atoms with Gasteiger partial charge in [-0.25, -0.2) is 4.79 Å². The quantitative estimate of drug-likeness (QED) is 0.268. The molecule has 2 aromatic rings. The molecule has 0 aromatic heterocycles. The zero-order valence-corrected chi connectivity index (χ0v) is 22.9. The summed E-state index contributed by atoms with van der Waals surface area (Å²) in [6.45, 7) is 3.74. The number of Topliss-reactive ketones (excluding diaryl/α,β-unsaturated/α-hetero) is 4. The van der Waals surface area contributed by atoms with Crippen LogP contribution < -0.4 is 16.4 Å². The van der Waals surface area contributed by atoms with E-state index in [0.717, 1.165) is 0 Å². The lowest BCUT2D eigenvalue weighted by molar-refractivity contribution is -0.175.